The van der Waals surface area contributed by atoms with Gasteiger partial charge in [0.1, 0.15) is 5.75 Å². The van der Waals surface area contributed by atoms with Crippen LogP contribution in [0.3, 0.4) is 0 Å². The number of hydrogen-bond donors (Lipinski definition) is 0. The van der Waals surface area contributed by atoms with E-state index in [2.05, 4.69) is 6.92 Å². The summed E-state index contributed by atoms with van der Waals surface area (Å²) in [6.07, 6.45) is -0.486. The first-order valence-electron chi connectivity index (χ1n) is 6.82. The zero-order chi connectivity index (χ0) is 14.7. The lowest BCUT2D eigenvalue weighted by molar-refractivity contribution is 0.0818. The predicted octanol–water partition coefficient (Wildman–Crippen LogP) is 4.26. The van der Waals surface area contributed by atoms with Crippen molar-refractivity contribution in [1.82, 2.24) is 0 Å². The van der Waals surface area contributed by atoms with Crippen LogP contribution in [0.25, 0.3) is 0 Å². The quantitative estimate of drug-likeness (QED) is 0.774. The van der Waals surface area contributed by atoms with Crippen molar-refractivity contribution in [2.24, 2.45) is 0 Å². The number of hydrogen-bond acceptors (Lipinski definition) is 2. The Morgan fingerprint density at radius 1 is 0.950 bits per heavy atom. The molecular weight excluding hydrogens is 248 g/mol. The van der Waals surface area contributed by atoms with Crippen LogP contribution in [0.15, 0.2) is 42.5 Å². The molecule has 0 heterocycles. The van der Waals surface area contributed by atoms with Gasteiger partial charge in [0.25, 0.3) is 0 Å². The number of carbonyl (C=O) groups excluding carboxylic acids is 1. The number of aryl methyl sites for hydroxylation is 3. The molecule has 0 amide bonds. The van der Waals surface area contributed by atoms with E-state index in [0.29, 0.717) is 5.56 Å². The van der Waals surface area contributed by atoms with E-state index in [1.54, 1.807) is 6.92 Å². The maximum Gasteiger partial charge on any atom is 0.202 e. The third kappa shape index (κ3) is 3.27. The standard InChI is InChI=1S/C18H20O2/c1-12-5-8-16(9-6-12)18(19)15(4)20-17-10-7-13(2)14(3)11-17/h5-11,15H,1-4H3/t15-/m1/s1. The molecule has 0 aromatic heterocycles. The van der Waals surface area contributed by atoms with E-state index in [4.69, 9.17) is 4.74 Å². The summed E-state index contributed by atoms with van der Waals surface area (Å²) in [4.78, 5) is 12.3. The normalized spacial score (nSPS) is 12.0. The Labute approximate surface area is 120 Å². The van der Waals surface area contributed by atoms with E-state index < -0.39 is 6.10 Å². The molecule has 0 N–H and O–H groups in total. The molecule has 2 aromatic rings. The summed E-state index contributed by atoms with van der Waals surface area (Å²) in [6.45, 7) is 7.88. The highest BCUT2D eigenvalue weighted by Gasteiger charge is 2.16. The Bertz CT molecular complexity index is 612. The molecule has 0 spiro atoms. The molecule has 0 radical (unpaired) electrons. The molecule has 0 bridgehead atoms. The van der Waals surface area contributed by atoms with Crippen molar-refractivity contribution in [3.63, 3.8) is 0 Å². The topological polar surface area (TPSA) is 26.3 Å². The molecule has 0 saturated carbocycles. The van der Waals surface area contributed by atoms with Crippen molar-refractivity contribution in [3.05, 3.63) is 64.7 Å². The summed E-state index contributed by atoms with van der Waals surface area (Å²) in [7, 11) is 0. The van der Waals surface area contributed by atoms with Gasteiger partial charge in [0.15, 0.2) is 6.10 Å². The fourth-order valence-corrected chi connectivity index (χ4v) is 2.00. The van der Waals surface area contributed by atoms with E-state index >= 15 is 0 Å². The van der Waals surface area contributed by atoms with Gasteiger partial charge in [0.05, 0.1) is 0 Å². The maximum atomic E-state index is 12.3. The molecule has 0 unspecified atom stereocenters. The molecular formula is C18H20O2. The molecule has 0 aliphatic heterocycles. The van der Waals surface area contributed by atoms with E-state index in [0.717, 1.165) is 16.9 Å². The number of Topliss-reactive ketones (excluding diaryl/α,β-unsaturated/α-hetero) is 1. The van der Waals surface area contributed by atoms with Crippen molar-refractivity contribution in [1.29, 1.82) is 0 Å². The molecule has 0 saturated heterocycles. The number of rotatable bonds is 4. The summed E-state index contributed by atoms with van der Waals surface area (Å²) in [5, 5.41) is 0. The second-order valence-corrected chi connectivity index (χ2v) is 5.24. The van der Waals surface area contributed by atoms with Crippen LogP contribution in [0.1, 0.15) is 34.0 Å². The van der Waals surface area contributed by atoms with Crippen LogP contribution in [-0.4, -0.2) is 11.9 Å². The molecule has 0 fully saturated rings. The first-order chi connectivity index (χ1) is 9.47. The Hall–Kier alpha value is -2.09. The van der Waals surface area contributed by atoms with Crippen molar-refractivity contribution < 1.29 is 9.53 Å². The van der Waals surface area contributed by atoms with Crippen LogP contribution >= 0.6 is 0 Å². The van der Waals surface area contributed by atoms with Gasteiger partial charge in [-0.25, -0.2) is 0 Å². The van der Waals surface area contributed by atoms with Gasteiger partial charge >= 0.3 is 0 Å². The minimum atomic E-state index is -0.486. The van der Waals surface area contributed by atoms with Crippen molar-refractivity contribution >= 4 is 5.78 Å². The number of ether oxygens (including phenoxy) is 1. The lowest BCUT2D eigenvalue weighted by atomic mass is 10.1. The lowest BCUT2D eigenvalue weighted by Crippen LogP contribution is -2.23. The predicted molar refractivity (Wildman–Crippen MR) is 81.5 cm³/mol. The van der Waals surface area contributed by atoms with Crippen molar-refractivity contribution in [3.8, 4) is 5.75 Å². The smallest absolute Gasteiger partial charge is 0.202 e. The van der Waals surface area contributed by atoms with Crippen molar-refractivity contribution in [2.45, 2.75) is 33.8 Å². The Morgan fingerprint density at radius 3 is 2.20 bits per heavy atom. The Kier molecular flexibility index (Phi) is 4.23. The molecule has 2 heteroatoms. The van der Waals surface area contributed by atoms with Crippen LogP contribution in [0, 0.1) is 20.8 Å². The number of ketones is 1. The summed E-state index contributed by atoms with van der Waals surface area (Å²) >= 11 is 0. The van der Waals surface area contributed by atoms with E-state index in [1.165, 1.54) is 5.56 Å². The van der Waals surface area contributed by atoms with Crippen molar-refractivity contribution in [2.75, 3.05) is 0 Å². The van der Waals surface area contributed by atoms with E-state index in [9.17, 15) is 4.79 Å². The molecule has 2 aromatic carbocycles. The molecule has 2 rings (SSSR count). The average Bonchev–Trinajstić information content (AvgIpc) is 2.43. The molecule has 2 nitrogen and oxygen atoms in total. The molecule has 104 valence electrons. The van der Waals surface area contributed by atoms with E-state index in [1.807, 2.05) is 56.3 Å². The zero-order valence-corrected chi connectivity index (χ0v) is 12.4. The second-order valence-electron chi connectivity index (χ2n) is 5.24. The summed E-state index contributed by atoms with van der Waals surface area (Å²) in [5.74, 6) is 0.740. The van der Waals surface area contributed by atoms with Crippen LogP contribution in [-0.2, 0) is 0 Å². The van der Waals surface area contributed by atoms with Gasteiger partial charge in [-0.15, -0.1) is 0 Å². The summed E-state index contributed by atoms with van der Waals surface area (Å²) in [6, 6.07) is 13.4. The molecule has 0 aliphatic carbocycles. The van der Waals surface area contributed by atoms with Gasteiger partial charge in [-0.05, 0) is 51.0 Å². The largest absolute Gasteiger partial charge is 0.483 e. The minimum absolute atomic E-state index is 0.00299. The lowest BCUT2D eigenvalue weighted by Gasteiger charge is -2.15. The van der Waals surface area contributed by atoms with Crippen LogP contribution < -0.4 is 4.74 Å². The van der Waals surface area contributed by atoms with Gasteiger partial charge in [0, 0.05) is 5.56 Å². The third-order valence-electron chi connectivity index (χ3n) is 3.50. The molecule has 1 atom stereocenters. The van der Waals surface area contributed by atoms with E-state index in [-0.39, 0.29) is 5.78 Å². The minimum Gasteiger partial charge on any atom is -0.483 e. The van der Waals surface area contributed by atoms with Gasteiger partial charge in [-0.3, -0.25) is 4.79 Å². The first kappa shape index (κ1) is 14.3. The monoisotopic (exact) mass is 268 g/mol. The Balaban J connectivity index is 2.11. The summed E-state index contributed by atoms with van der Waals surface area (Å²) in [5.41, 5.74) is 4.21. The maximum absolute atomic E-state index is 12.3. The second kappa shape index (κ2) is 5.91. The van der Waals surface area contributed by atoms with Gasteiger partial charge in [-0.2, -0.15) is 0 Å². The highest BCUT2D eigenvalue weighted by molar-refractivity contribution is 5.99. The first-order valence-corrected chi connectivity index (χ1v) is 6.82. The van der Waals surface area contributed by atoms with Gasteiger partial charge < -0.3 is 4.74 Å². The molecule has 20 heavy (non-hydrogen) atoms. The highest BCUT2D eigenvalue weighted by Crippen LogP contribution is 2.19. The molecule has 0 aliphatic rings. The SMILES string of the molecule is Cc1ccc(C(=O)[C@@H](C)Oc2ccc(C)c(C)c2)cc1. The number of benzene rings is 2. The summed E-state index contributed by atoms with van der Waals surface area (Å²) < 4.78 is 5.75. The number of carbonyl (C=O) groups is 1. The zero-order valence-electron chi connectivity index (χ0n) is 12.4. The van der Waals surface area contributed by atoms with Gasteiger partial charge in [0.2, 0.25) is 5.78 Å². The Morgan fingerprint density at radius 2 is 1.60 bits per heavy atom. The fourth-order valence-electron chi connectivity index (χ4n) is 2.00. The van der Waals surface area contributed by atoms with Crippen LogP contribution in [0.5, 0.6) is 5.75 Å². The average molecular weight is 268 g/mol. The highest BCUT2D eigenvalue weighted by atomic mass is 16.5. The van der Waals surface area contributed by atoms with Gasteiger partial charge in [-0.1, -0.05) is 35.9 Å². The third-order valence-corrected chi connectivity index (χ3v) is 3.50. The fraction of sp³-hybridized carbons (Fsp3) is 0.278. The van der Waals surface area contributed by atoms with Crippen LogP contribution in [0.4, 0.5) is 0 Å². The van der Waals surface area contributed by atoms with Crippen LogP contribution in [0.2, 0.25) is 0 Å².